The fourth-order valence-electron chi connectivity index (χ4n) is 3.69. The SMILES string of the molecule is COc1ccc(CCNC(=O)c2cccc(S(=O)(=O)N3CCCCCC3)c2)cc1OC. The molecule has 168 valence electrons. The maximum Gasteiger partial charge on any atom is 0.251 e. The molecule has 1 heterocycles. The first-order valence-corrected chi connectivity index (χ1v) is 12.0. The minimum absolute atomic E-state index is 0.168. The molecule has 0 bridgehead atoms. The molecule has 8 heteroatoms. The Morgan fingerprint density at radius 2 is 1.68 bits per heavy atom. The molecule has 1 amide bonds. The highest BCUT2D eigenvalue weighted by molar-refractivity contribution is 7.89. The van der Waals surface area contributed by atoms with E-state index in [1.165, 1.54) is 10.4 Å². The van der Waals surface area contributed by atoms with Crippen LogP contribution in [0.1, 0.15) is 41.6 Å². The lowest BCUT2D eigenvalue weighted by molar-refractivity contribution is 0.0954. The van der Waals surface area contributed by atoms with E-state index < -0.39 is 10.0 Å². The van der Waals surface area contributed by atoms with Crippen LogP contribution in [-0.4, -0.2) is 52.5 Å². The molecule has 0 radical (unpaired) electrons. The molecule has 0 aliphatic carbocycles. The number of methoxy groups -OCH3 is 2. The van der Waals surface area contributed by atoms with Crippen LogP contribution >= 0.6 is 0 Å². The first-order chi connectivity index (χ1) is 15.0. The van der Waals surface area contributed by atoms with Gasteiger partial charge >= 0.3 is 0 Å². The molecule has 1 N–H and O–H groups in total. The second kappa shape index (κ2) is 10.6. The van der Waals surface area contributed by atoms with Crippen molar-refractivity contribution in [1.29, 1.82) is 0 Å². The summed E-state index contributed by atoms with van der Waals surface area (Å²) in [5.74, 6) is 0.990. The number of carbonyl (C=O) groups is 1. The highest BCUT2D eigenvalue weighted by Gasteiger charge is 2.25. The molecular weight excluding hydrogens is 416 g/mol. The first-order valence-electron chi connectivity index (χ1n) is 10.5. The topological polar surface area (TPSA) is 84.9 Å². The lowest BCUT2D eigenvalue weighted by atomic mass is 10.1. The summed E-state index contributed by atoms with van der Waals surface area (Å²) in [6.07, 6.45) is 4.45. The number of ether oxygens (including phenoxy) is 2. The van der Waals surface area contributed by atoms with E-state index in [1.54, 1.807) is 32.4 Å². The van der Waals surface area contributed by atoms with Crippen molar-refractivity contribution in [2.75, 3.05) is 33.9 Å². The average Bonchev–Trinajstić information content (AvgIpc) is 3.09. The van der Waals surface area contributed by atoms with Gasteiger partial charge in [0.15, 0.2) is 11.5 Å². The van der Waals surface area contributed by atoms with Crippen molar-refractivity contribution in [2.24, 2.45) is 0 Å². The van der Waals surface area contributed by atoms with Crippen LogP contribution in [0.5, 0.6) is 11.5 Å². The summed E-state index contributed by atoms with van der Waals surface area (Å²) < 4.78 is 38.1. The number of benzene rings is 2. The average molecular weight is 447 g/mol. The number of nitrogens with one attached hydrogen (secondary N) is 1. The van der Waals surface area contributed by atoms with E-state index in [1.807, 2.05) is 18.2 Å². The van der Waals surface area contributed by atoms with Gasteiger partial charge in [0.2, 0.25) is 10.0 Å². The van der Waals surface area contributed by atoms with Gasteiger partial charge in [-0.3, -0.25) is 4.79 Å². The van der Waals surface area contributed by atoms with Crippen molar-refractivity contribution in [3.8, 4) is 11.5 Å². The Morgan fingerprint density at radius 1 is 0.968 bits per heavy atom. The number of carbonyl (C=O) groups excluding carboxylic acids is 1. The molecule has 7 nitrogen and oxygen atoms in total. The number of sulfonamides is 1. The van der Waals surface area contributed by atoms with Gasteiger partial charge in [-0.2, -0.15) is 4.31 Å². The summed E-state index contributed by atoms with van der Waals surface area (Å²) in [5, 5.41) is 2.86. The van der Waals surface area contributed by atoms with Crippen molar-refractivity contribution in [3.05, 3.63) is 53.6 Å². The lowest BCUT2D eigenvalue weighted by Gasteiger charge is -2.20. The van der Waals surface area contributed by atoms with E-state index in [-0.39, 0.29) is 10.8 Å². The molecule has 2 aromatic carbocycles. The molecule has 0 spiro atoms. The Labute approximate surface area is 184 Å². The zero-order valence-corrected chi connectivity index (χ0v) is 18.9. The largest absolute Gasteiger partial charge is 0.493 e. The van der Waals surface area contributed by atoms with Gasteiger partial charge < -0.3 is 14.8 Å². The summed E-state index contributed by atoms with van der Waals surface area (Å²) >= 11 is 0. The van der Waals surface area contributed by atoms with E-state index in [0.717, 1.165) is 31.2 Å². The number of amides is 1. The van der Waals surface area contributed by atoms with Gasteiger partial charge in [-0.15, -0.1) is 0 Å². The minimum Gasteiger partial charge on any atom is -0.493 e. The van der Waals surface area contributed by atoms with E-state index in [9.17, 15) is 13.2 Å². The second-order valence-corrected chi connectivity index (χ2v) is 9.48. The van der Waals surface area contributed by atoms with Crippen molar-refractivity contribution in [3.63, 3.8) is 0 Å². The van der Waals surface area contributed by atoms with Crippen molar-refractivity contribution in [1.82, 2.24) is 9.62 Å². The number of nitrogens with zero attached hydrogens (tertiary/aromatic N) is 1. The highest BCUT2D eigenvalue weighted by Crippen LogP contribution is 2.27. The standard InChI is InChI=1S/C23H30N2O5S/c1-29-21-11-10-18(16-22(21)30-2)12-13-24-23(26)19-8-7-9-20(17-19)31(27,28)25-14-5-3-4-6-15-25/h7-11,16-17H,3-6,12-15H2,1-2H3,(H,24,26). The highest BCUT2D eigenvalue weighted by atomic mass is 32.2. The first kappa shape index (κ1) is 23.1. The molecule has 2 aromatic rings. The second-order valence-electron chi connectivity index (χ2n) is 7.54. The Morgan fingerprint density at radius 3 is 2.35 bits per heavy atom. The third kappa shape index (κ3) is 5.77. The third-order valence-corrected chi connectivity index (χ3v) is 7.34. The third-order valence-electron chi connectivity index (χ3n) is 5.45. The molecule has 0 atom stereocenters. The number of hydrogen-bond donors (Lipinski definition) is 1. The lowest BCUT2D eigenvalue weighted by Crippen LogP contribution is -2.32. The smallest absolute Gasteiger partial charge is 0.251 e. The van der Waals surface area contributed by atoms with Crippen LogP contribution in [0.25, 0.3) is 0 Å². The Bertz CT molecular complexity index is 999. The maximum atomic E-state index is 13.0. The summed E-state index contributed by atoms with van der Waals surface area (Å²) in [6.45, 7) is 1.48. The van der Waals surface area contributed by atoms with Gasteiger partial charge in [0, 0.05) is 25.2 Å². The molecular formula is C23H30N2O5S. The fraction of sp³-hybridized carbons (Fsp3) is 0.435. The normalized spacial score (nSPS) is 15.2. The number of hydrogen-bond acceptors (Lipinski definition) is 5. The predicted molar refractivity (Wildman–Crippen MR) is 119 cm³/mol. The summed E-state index contributed by atoms with van der Waals surface area (Å²) in [5.41, 5.74) is 1.33. The molecule has 0 saturated carbocycles. The van der Waals surface area contributed by atoms with Gasteiger partial charge in [-0.05, 0) is 55.2 Å². The molecule has 1 aliphatic rings. The fourth-order valence-corrected chi connectivity index (χ4v) is 5.25. The minimum atomic E-state index is -3.59. The zero-order chi connectivity index (χ0) is 22.3. The molecule has 0 unspecified atom stereocenters. The van der Waals surface area contributed by atoms with Crippen molar-refractivity contribution in [2.45, 2.75) is 37.0 Å². The number of rotatable bonds is 8. The molecule has 1 aliphatic heterocycles. The van der Waals surface area contributed by atoms with E-state index in [0.29, 0.717) is 43.1 Å². The van der Waals surface area contributed by atoms with Crippen LogP contribution < -0.4 is 14.8 Å². The van der Waals surface area contributed by atoms with Gasteiger partial charge in [0.05, 0.1) is 19.1 Å². The zero-order valence-electron chi connectivity index (χ0n) is 18.1. The van der Waals surface area contributed by atoms with E-state index >= 15 is 0 Å². The van der Waals surface area contributed by atoms with Gasteiger partial charge in [-0.1, -0.05) is 25.0 Å². The Hall–Kier alpha value is -2.58. The predicted octanol–water partition coefficient (Wildman–Crippen LogP) is 3.24. The van der Waals surface area contributed by atoms with Gasteiger partial charge in [-0.25, -0.2) is 8.42 Å². The summed E-state index contributed by atoms with van der Waals surface area (Å²) in [6, 6.07) is 11.9. The maximum absolute atomic E-state index is 13.0. The molecule has 1 fully saturated rings. The Kier molecular flexibility index (Phi) is 7.92. The van der Waals surface area contributed by atoms with Crippen LogP contribution in [-0.2, 0) is 16.4 Å². The van der Waals surface area contributed by atoms with Crippen LogP contribution in [0.15, 0.2) is 47.4 Å². The summed E-state index contributed by atoms with van der Waals surface area (Å²) in [4.78, 5) is 12.8. The van der Waals surface area contributed by atoms with Crippen LogP contribution in [0.2, 0.25) is 0 Å². The van der Waals surface area contributed by atoms with E-state index in [4.69, 9.17) is 9.47 Å². The van der Waals surface area contributed by atoms with Gasteiger partial charge in [0.1, 0.15) is 0 Å². The quantitative estimate of drug-likeness (QED) is 0.673. The van der Waals surface area contributed by atoms with Gasteiger partial charge in [0.25, 0.3) is 5.91 Å². The van der Waals surface area contributed by atoms with E-state index in [2.05, 4.69) is 5.32 Å². The van der Waals surface area contributed by atoms with Crippen LogP contribution in [0, 0.1) is 0 Å². The summed E-state index contributed by atoms with van der Waals surface area (Å²) in [7, 11) is -0.430. The van der Waals surface area contributed by atoms with Crippen LogP contribution in [0.3, 0.4) is 0 Å². The van der Waals surface area contributed by atoms with Crippen molar-refractivity contribution >= 4 is 15.9 Å². The molecule has 31 heavy (non-hydrogen) atoms. The molecule has 0 aromatic heterocycles. The molecule has 1 saturated heterocycles. The van der Waals surface area contributed by atoms with Crippen LogP contribution in [0.4, 0.5) is 0 Å². The Balaban J connectivity index is 1.63. The molecule has 3 rings (SSSR count). The van der Waals surface area contributed by atoms with Crippen molar-refractivity contribution < 1.29 is 22.7 Å². The monoisotopic (exact) mass is 446 g/mol.